The SMILES string of the molecule is CCCCn1nc(C(=O)NCC(C)(O)CO)ccc1=O. The normalized spacial score (nSPS) is 13.8. The Labute approximate surface area is 117 Å². The summed E-state index contributed by atoms with van der Waals surface area (Å²) in [5.74, 6) is -0.496. The van der Waals surface area contributed by atoms with Crippen molar-refractivity contribution in [1.82, 2.24) is 15.1 Å². The summed E-state index contributed by atoms with van der Waals surface area (Å²) in [7, 11) is 0. The predicted octanol–water partition coefficient (Wildman–Crippen LogP) is -0.484. The lowest BCUT2D eigenvalue weighted by molar-refractivity contribution is 0.00314. The second-order valence-corrected chi connectivity index (χ2v) is 4.97. The van der Waals surface area contributed by atoms with E-state index in [0.717, 1.165) is 12.8 Å². The van der Waals surface area contributed by atoms with Crippen molar-refractivity contribution in [3.63, 3.8) is 0 Å². The number of carbonyl (C=O) groups excluding carboxylic acids is 1. The molecule has 1 aromatic rings. The van der Waals surface area contributed by atoms with Crippen LogP contribution in [0, 0.1) is 0 Å². The highest BCUT2D eigenvalue weighted by molar-refractivity contribution is 5.92. The third-order valence-corrected chi connectivity index (χ3v) is 2.79. The summed E-state index contributed by atoms with van der Waals surface area (Å²) in [5.41, 5.74) is -1.53. The Kier molecular flexibility index (Phi) is 5.84. The van der Waals surface area contributed by atoms with E-state index in [9.17, 15) is 14.7 Å². The quantitative estimate of drug-likeness (QED) is 0.627. The highest BCUT2D eigenvalue weighted by Crippen LogP contribution is 2.00. The van der Waals surface area contributed by atoms with Crippen LogP contribution >= 0.6 is 0 Å². The third-order valence-electron chi connectivity index (χ3n) is 2.79. The smallest absolute Gasteiger partial charge is 0.271 e. The van der Waals surface area contributed by atoms with Gasteiger partial charge in [-0.25, -0.2) is 4.68 Å². The summed E-state index contributed by atoms with van der Waals surface area (Å²) in [6.07, 6.45) is 1.72. The first-order valence-corrected chi connectivity index (χ1v) is 6.59. The molecule has 7 heteroatoms. The summed E-state index contributed by atoms with van der Waals surface area (Å²) in [5, 5.41) is 24.9. The Balaban J connectivity index is 2.76. The molecule has 1 unspecified atom stereocenters. The summed E-state index contributed by atoms with van der Waals surface area (Å²) in [4.78, 5) is 23.4. The van der Waals surface area contributed by atoms with E-state index in [2.05, 4.69) is 10.4 Å². The maximum absolute atomic E-state index is 11.9. The van der Waals surface area contributed by atoms with Gasteiger partial charge in [-0.2, -0.15) is 5.10 Å². The van der Waals surface area contributed by atoms with Crippen LogP contribution < -0.4 is 10.9 Å². The van der Waals surface area contributed by atoms with E-state index in [0.29, 0.717) is 6.54 Å². The van der Waals surface area contributed by atoms with E-state index in [1.54, 1.807) is 0 Å². The summed E-state index contributed by atoms with van der Waals surface area (Å²) >= 11 is 0. The standard InChI is InChI=1S/C13H21N3O4/c1-3-4-7-16-11(18)6-5-10(15-16)12(19)14-8-13(2,20)9-17/h5-6,17,20H,3-4,7-9H2,1-2H3,(H,14,19). The number of nitrogens with one attached hydrogen (secondary N) is 1. The highest BCUT2D eigenvalue weighted by atomic mass is 16.3. The van der Waals surface area contributed by atoms with E-state index in [-0.39, 0.29) is 17.8 Å². The van der Waals surface area contributed by atoms with Crippen LogP contribution in [0.2, 0.25) is 0 Å². The Morgan fingerprint density at radius 2 is 2.20 bits per heavy atom. The minimum Gasteiger partial charge on any atom is -0.393 e. The molecule has 0 spiro atoms. The fraction of sp³-hybridized carbons (Fsp3) is 0.615. The Morgan fingerprint density at radius 3 is 2.80 bits per heavy atom. The molecule has 0 saturated carbocycles. The lowest BCUT2D eigenvalue weighted by atomic mass is 10.1. The van der Waals surface area contributed by atoms with Crippen molar-refractivity contribution in [2.75, 3.05) is 13.2 Å². The summed E-state index contributed by atoms with van der Waals surface area (Å²) in [6.45, 7) is 3.31. The van der Waals surface area contributed by atoms with Gasteiger partial charge in [0.2, 0.25) is 0 Å². The van der Waals surface area contributed by atoms with Crippen LogP contribution in [-0.4, -0.2) is 44.7 Å². The molecular formula is C13H21N3O4. The van der Waals surface area contributed by atoms with Gasteiger partial charge < -0.3 is 15.5 Å². The van der Waals surface area contributed by atoms with Crippen molar-refractivity contribution in [1.29, 1.82) is 0 Å². The fourth-order valence-corrected chi connectivity index (χ4v) is 1.46. The number of carbonyl (C=O) groups is 1. The molecule has 1 heterocycles. The van der Waals surface area contributed by atoms with Gasteiger partial charge in [-0.15, -0.1) is 0 Å². The number of aryl methyl sites for hydroxylation is 1. The summed E-state index contributed by atoms with van der Waals surface area (Å²) in [6, 6.07) is 2.63. The molecule has 0 saturated heterocycles. The third kappa shape index (κ3) is 4.75. The first-order chi connectivity index (χ1) is 9.39. The molecular weight excluding hydrogens is 262 g/mol. The molecule has 0 bridgehead atoms. The number of aliphatic hydroxyl groups is 2. The lowest BCUT2D eigenvalue weighted by Crippen LogP contribution is -2.43. The Morgan fingerprint density at radius 1 is 1.50 bits per heavy atom. The fourth-order valence-electron chi connectivity index (χ4n) is 1.46. The molecule has 1 atom stereocenters. The van der Waals surface area contributed by atoms with Crippen molar-refractivity contribution in [2.24, 2.45) is 0 Å². The van der Waals surface area contributed by atoms with Gasteiger partial charge in [-0.3, -0.25) is 9.59 Å². The van der Waals surface area contributed by atoms with Crippen LogP contribution in [0.4, 0.5) is 0 Å². The van der Waals surface area contributed by atoms with E-state index >= 15 is 0 Å². The van der Waals surface area contributed by atoms with Crippen LogP contribution in [-0.2, 0) is 6.54 Å². The molecule has 0 aliphatic rings. The molecule has 112 valence electrons. The molecule has 0 aliphatic carbocycles. The van der Waals surface area contributed by atoms with Crippen LogP contribution in [0.5, 0.6) is 0 Å². The number of hydrogen-bond acceptors (Lipinski definition) is 5. The van der Waals surface area contributed by atoms with Crippen molar-refractivity contribution in [3.05, 3.63) is 28.2 Å². The number of aliphatic hydroxyl groups excluding tert-OH is 1. The van der Waals surface area contributed by atoms with Gasteiger partial charge in [0.05, 0.1) is 6.61 Å². The number of hydrogen-bond donors (Lipinski definition) is 3. The van der Waals surface area contributed by atoms with Crippen molar-refractivity contribution in [2.45, 2.75) is 38.8 Å². The van der Waals surface area contributed by atoms with Gasteiger partial charge in [0.25, 0.3) is 11.5 Å². The maximum atomic E-state index is 11.9. The predicted molar refractivity (Wildman–Crippen MR) is 73.4 cm³/mol. The molecule has 1 aromatic heterocycles. The molecule has 0 aromatic carbocycles. The zero-order valence-electron chi connectivity index (χ0n) is 11.8. The second-order valence-electron chi connectivity index (χ2n) is 4.97. The van der Waals surface area contributed by atoms with Crippen LogP contribution in [0.3, 0.4) is 0 Å². The number of rotatable bonds is 7. The Bertz CT molecular complexity index is 511. The van der Waals surface area contributed by atoms with Crippen LogP contribution in [0.15, 0.2) is 16.9 Å². The minimum atomic E-state index is -1.38. The van der Waals surface area contributed by atoms with E-state index in [1.165, 1.54) is 23.7 Å². The van der Waals surface area contributed by atoms with Gasteiger partial charge in [0, 0.05) is 19.2 Å². The number of nitrogens with zero attached hydrogens (tertiary/aromatic N) is 2. The zero-order valence-corrected chi connectivity index (χ0v) is 11.8. The van der Waals surface area contributed by atoms with Crippen molar-refractivity contribution < 1.29 is 15.0 Å². The molecule has 0 radical (unpaired) electrons. The first-order valence-electron chi connectivity index (χ1n) is 6.59. The molecule has 1 amide bonds. The van der Waals surface area contributed by atoms with E-state index in [4.69, 9.17) is 5.11 Å². The van der Waals surface area contributed by atoms with Gasteiger partial charge in [0.15, 0.2) is 0 Å². The van der Waals surface area contributed by atoms with Gasteiger partial charge in [0.1, 0.15) is 11.3 Å². The van der Waals surface area contributed by atoms with Gasteiger partial charge >= 0.3 is 0 Å². The van der Waals surface area contributed by atoms with Gasteiger partial charge in [-0.05, 0) is 19.4 Å². The molecule has 0 fully saturated rings. The Hall–Kier alpha value is -1.73. The molecule has 0 aliphatic heterocycles. The zero-order chi connectivity index (χ0) is 15.2. The summed E-state index contributed by atoms with van der Waals surface area (Å²) < 4.78 is 1.25. The number of amides is 1. The van der Waals surface area contributed by atoms with E-state index in [1.807, 2.05) is 6.92 Å². The number of unbranched alkanes of at least 4 members (excludes halogenated alkanes) is 1. The monoisotopic (exact) mass is 283 g/mol. The van der Waals surface area contributed by atoms with Crippen LogP contribution in [0.1, 0.15) is 37.2 Å². The average Bonchev–Trinajstić information content (AvgIpc) is 2.44. The first kappa shape index (κ1) is 16.3. The minimum absolute atomic E-state index is 0.0991. The number of aromatic nitrogens is 2. The average molecular weight is 283 g/mol. The second kappa shape index (κ2) is 7.16. The lowest BCUT2D eigenvalue weighted by Gasteiger charge is -2.20. The maximum Gasteiger partial charge on any atom is 0.271 e. The topological polar surface area (TPSA) is 104 Å². The molecule has 3 N–H and O–H groups in total. The van der Waals surface area contributed by atoms with Crippen molar-refractivity contribution in [3.8, 4) is 0 Å². The molecule has 1 rings (SSSR count). The molecule has 7 nitrogen and oxygen atoms in total. The van der Waals surface area contributed by atoms with Crippen LogP contribution in [0.25, 0.3) is 0 Å². The molecule has 20 heavy (non-hydrogen) atoms. The highest BCUT2D eigenvalue weighted by Gasteiger charge is 2.20. The largest absolute Gasteiger partial charge is 0.393 e. The van der Waals surface area contributed by atoms with E-state index < -0.39 is 18.1 Å². The van der Waals surface area contributed by atoms with Crippen molar-refractivity contribution >= 4 is 5.91 Å². The van der Waals surface area contributed by atoms with Gasteiger partial charge in [-0.1, -0.05) is 13.3 Å².